The molecule has 0 bridgehead atoms. The minimum absolute atomic E-state index is 0. The first-order valence-corrected chi connectivity index (χ1v) is 8.81. The first-order valence-electron chi connectivity index (χ1n) is 7.99. The maximum atomic E-state index is 13.2. The van der Waals surface area contributed by atoms with Gasteiger partial charge < -0.3 is 4.90 Å². The van der Waals surface area contributed by atoms with Crippen LogP contribution in [0, 0.1) is 5.82 Å². The number of rotatable bonds is 4. The Morgan fingerprint density at radius 1 is 1.17 bits per heavy atom. The minimum Gasteiger partial charge on any atom is -0.300 e. The molecule has 0 radical (unpaired) electrons. The molecule has 23 heavy (non-hydrogen) atoms. The molecule has 1 saturated carbocycles. The van der Waals surface area contributed by atoms with E-state index in [9.17, 15) is 4.39 Å². The van der Waals surface area contributed by atoms with Gasteiger partial charge in [0.2, 0.25) is 0 Å². The Kier molecular flexibility index (Phi) is 6.18. The van der Waals surface area contributed by atoms with Crippen LogP contribution in [0.3, 0.4) is 0 Å². The highest BCUT2D eigenvalue weighted by Crippen LogP contribution is 2.43. The normalized spacial score (nSPS) is 16.6. The van der Waals surface area contributed by atoms with Crippen molar-refractivity contribution in [2.45, 2.75) is 44.6 Å². The summed E-state index contributed by atoms with van der Waals surface area (Å²) in [5.41, 5.74) is 2.33. The first-order chi connectivity index (χ1) is 10.6. The van der Waals surface area contributed by atoms with Gasteiger partial charge in [0, 0.05) is 5.92 Å². The molecule has 126 valence electrons. The maximum absolute atomic E-state index is 13.2. The van der Waals surface area contributed by atoms with Crippen molar-refractivity contribution in [2.24, 2.45) is 0 Å². The summed E-state index contributed by atoms with van der Waals surface area (Å²) in [5.74, 6) is 0.386. The Labute approximate surface area is 148 Å². The predicted molar refractivity (Wildman–Crippen MR) is 98.1 cm³/mol. The molecule has 0 N–H and O–H groups in total. The lowest BCUT2D eigenvalue weighted by molar-refractivity contribution is 0.320. The van der Waals surface area contributed by atoms with Gasteiger partial charge in [-0.25, -0.2) is 9.37 Å². The zero-order chi connectivity index (χ0) is 15.7. The maximum Gasteiger partial charge on any atom is 0.123 e. The topological polar surface area (TPSA) is 16.1 Å². The fourth-order valence-electron chi connectivity index (χ4n) is 3.03. The summed E-state index contributed by atoms with van der Waals surface area (Å²) in [5, 5.41) is 1.16. The quantitative estimate of drug-likeness (QED) is 0.705. The van der Waals surface area contributed by atoms with Crippen LogP contribution in [0.25, 0.3) is 10.4 Å². The molecule has 2 aromatic rings. The van der Waals surface area contributed by atoms with Crippen LogP contribution in [0.1, 0.15) is 55.3 Å². The van der Waals surface area contributed by atoms with Gasteiger partial charge in [-0.3, -0.25) is 0 Å². The molecule has 1 aliphatic rings. The van der Waals surface area contributed by atoms with Gasteiger partial charge in [0.15, 0.2) is 0 Å². The van der Waals surface area contributed by atoms with Gasteiger partial charge >= 0.3 is 0 Å². The molecule has 1 aliphatic carbocycles. The average Bonchev–Trinajstić information content (AvgIpc) is 3.16. The Bertz CT molecular complexity index is 633. The van der Waals surface area contributed by atoms with E-state index in [2.05, 4.69) is 25.9 Å². The lowest BCUT2D eigenvalue weighted by Gasteiger charge is -2.16. The van der Waals surface area contributed by atoms with Crippen molar-refractivity contribution in [1.82, 2.24) is 9.88 Å². The van der Waals surface area contributed by atoms with Gasteiger partial charge in [-0.15, -0.1) is 23.7 Å². The number of hydrogen-bond donors (Lipinski definition) is 0. The molecule has 1 aromatic carbocycles. The number of benzene rings is 1. The first kappa shape index (κ1) is 18.4. The largest absolute Gasteiger partial charge is 0.300 e. The average molecular weight is 355 g/mol. The monoisotopic (exact) mass is 354 g/mol. The number of thiazole rings is 1. The Hall–Kier alpha value is -0.970. The molecular weight excluding hydrogens is 331 g/mol. The van der Waals surface area contributed by atoms with Crippen LogP contribution in [0.4, 0.5) is 4.39 Å². The highest BCUT2D eigenvalue weighted by atomic mass is 35.5. The molecule has 0 saturated heterocycles. The van der Waals surface area contributed by atoms with Crippen LogP contribution < -0.4 is 0 Å². The number of nitrogens with zero attached hydrogens (tertiary/aromatic N) is 2. The third kappa shape index (κ3) is 3.93. The van der Waals surface area contributed by atoms with Crippen LogP contribution in [-0.2, 0) is 0 Å². The second-order valence-corrected chi connectivity index (χ2v) is 7.42. The van der Waals surface area contributed by atoms with Gasteiger partial charge in [0.25, 0.3) is 0 Å². The van der Waals surface area contributed by atoms with Gasteiger partial charge in [-0.2, -0.15) is 0 Å². The summed E-state index contributed by atoms with van der Waals surface area (Å²) < 4.78 is 13.2. The fourth-order valence-corrected chi connectivity index (χ4v) is 4.34. The lowest BCUT2D eigenvalue weighted by atomic mass is 10.00. The summed E-state index contributed by atoms with van der Waals surface area (Å²) in [4.78, 5) is 8.41. The second kappa shape index (κ2) is 7.73. The molecule has 0 spiro atoms. The molecule has 1 atom stereocenters. The van der Waals surface area contributed by atoms with E-state index >= 15 is 0 Å². The summed E-state index contributed by atoms with van der Waals surface area (Å²) in [6, 6.07) is 7.15. The van der Waals surface area contributed by atoms with Crippen molar-refractivity contribution in [3.8, 4) is 10.4 Å². The van der Waals surface area contributed by atoms with Crippen molar-refractivity contribution in [3.63, 3.8) is 0 Å². The zero-order valence-corrected chi connectivity index (χ0v) is 15.5. The van der Waals surface area contributed by atoms with Gasteiger partial charge in [-0.1, -0.05) is 25.0 Å². The molecule has 2 nitrogen and oxygen atoms in total. The second-order valence-electron chi connectivity index (χ2n) is 6.39. The molecular formula is C18H24ClFN2S. The molecule has 1 aromatic heterocycles. The number of aromatic nitrogens is 1. The van der Waals surface area contributed by atoms with Gasteiger partial charge in [0.05, 0.1) is 16.6 Å². The predicted octanol–water partition coefficient (Wildman–Crippen LogP) is 5.65. The smallest absolute Gasteiger partial charge is 0.123 e. The molecule has 1 fully saturated rings. The van der Waals surface area contributed by atoms with Crippen LogP contribution in [0.15, 0.2) is 24.3 Å². The van der Waals surface area contributed by atoms with E-state index in [4.69, 9.17) is 4.98 Å². The van der Waals surface area contributed by atoms with Gasteiger partial charge in [-0.05, 0) is 51.6 Å². The van der Waals surface area contributed by atoms with Crippen molar-refractivity contribution in [2.75, 3.05) is 14.1 Å². The molecule has 0 aliphatic heterocycles. The van der Waals surface area contributed by atoms with E-state index in [0.717, 1.165) is 10.6 Å². The third-order valence-corrected chi connectivity index (χ3v) is 5.94. The molecule has 1 heterocycles. The fraction of sp³-hybridized carbons (Fsp3) is 0.500. The Morgan fingerprint density at radius 3 is 2.35 bits per heavy atom. The lowest BCUT2D eigenvalue weighted by Crippen LogP contribution is -2.16. The highest BCUT2D eigenvalue weighted by molar-refractivity contribution is 7.15. The summed E-state index contributed by atoms with van der Waals surface area (Å²) in [6.07, 6.45) is 5.05. The highest BCUT2D eigenvalue weighted by Gasteiger charge is 2.26. The summed E-state index contributed by atoms with van der Waals surface area (Å²) in [6.45, 7) is 2.19. The zero-order valence-electron chi connectivity index (χ0n) is 13.9. The van der Waals surface area contributed by atoms with E-state index in [-0.39, 0.29) is 18.2 Å². The Morgan fingerprint density at radius 2 is 1.78 bits per heavy atom. The van der Waals surface area contributed by atoms with Crippen LogP contribution in [0.5, 0.6) is 0 Å². The van der Waals surface area contributed by atoms with E-state index in [1.165, 1.54) is 36.3 Å². The number of halogens is 2. The van der Waals surface area contributed by atoms with Crippen LogP contribution in [0.2, 0.25) is 0 Å². The summed E-state index contributed by atoms with van der Waals surface area (Å²) in [7, 11) is 4.16. The van der Waals surface area contributed by atoms with Crippen molar-refractivity contribution in [3.05, 3.63) is 40.8 Å². The standard InChI is InChI=1S/C18H23FN2S.ClH/c1-12(21(2)3)18-20-16(13-6-4-5-7-13)17(22-18)14-8-10-15(19)11-9-14;/h8-13H,4-7H2,1-3H3;1H/t12-;/m0./s1. The Balaban J connectivity index is 0.00000192. The molecule has 0 amide bonds. The van der Waals surface area contributed by atoms with Crippen molar-refractivity contribution >= 4 is 23.7 Å². The van der Waals surface area contributed by atoms with E-state index in [0.29, 0.717) is 12.0 Å². The van der Waals surface area contributed by atoms with E-state index in [1.807, 2.05) is 12.1 Å². The number of hydrogen-bond acceptors (Lipinski definition) is 3. The SMILES string of the molecule is C[C@@H](c1nc(C2CCCC2)c(-c2ccc(F)cc2)s1)N(C)C.Cl. The van der Waals surface area contributed by atoms with Gasteiger partial charge in [0.1, 0.15) is 10.8 Å². The van der Waals surface area contributed by atoms with Crippen molar-refractivity contribution < 1.29 is 4.39 Å². The third-order valence-electron chi connectivity index (χ3n) is 4.65. The summed E-state index contributed by atoms with van der Waals surface area (Å²) >= 11 is 1.77. The molecule has 5 heteroatoms. The molecule has 3 rings (SSSR count). The van der Waals surface area contributed by atoms with E-state index in [1.54, 1.807) is 23.5 Å². The minimum atomic E-state index is -0.183. The van der Waals surface area contributed by atoms with E-state index < -0.39 is 0 Å². The molecule has 0 unspecified atom stereocenters. The van der Waals surface area contributed by atoms with Crippen LogP contribution >= 0.6 is 23.7 Å². The van der Waals surface area contributed by atoms with Crippen molar-refractivity contribution in [1.29, 1.82) is 0 Å². The van der Waals surface area contributed by atoms with Crippen LogP contribution in [-0.4, -0.2) is 24.0 Å².